The van der Waals surface area contributed by atoms with Crippen molar-refractivity contribution in [3.63, 3.8) is 0 Å². The first-order valence-corrected chi connectivity index (χ1v) is 6.56. The van der Waals surface area contributed by atoms with Gasteiger partial charge in [-0.05, 0) is 19.3 Å². The van der Waals surface area contributed by atoms with Gasteiger partial charge in [0.2, 0.25) is 0 Å². The monoisotopic (exact) mass is 261 g/mol. The highest BCUT2D eigenvalue weighted by Gasteiger charge is 2.17. The van der Waals surface area contributed by atoms with E-state index >= 15 is 0 Å². The molecule has 0 aliphatic carbocycles. The number of ether oxygens (including phenoxy) is 2. The van der Waals surface area contributed by atoms with Crippen LogP contribution in [-0.2, 0) is 14.3 Å². The molecule has 5 heteroatoms. The van der Waals surface area contributed by atoms with Crippen LogP contribution in [0.4, 0.5) is 0 Å². The smallest absolute Gasteiger partial charge is 0.0782 e. The van der Waals surface area contributed by atoms with E-state index in [1.807, 2.05) is 0 Å². The Balaban J connectivity index is 0.000000327. The van der Waals surface area contributed by atoms with Gasteiger partial charge >= 0.3 is 0 Å². The molecule has 0 aromatic carbocycles. The van der Waals surface area contributed by atoms with Crippen LogP contribution in [0.2, 0.25) is 0 Å². The normalized spacial score (nSPS) is 17.7. The molecule has 0 bridgehead atoms. The standard InChI is InChI=1S/C7H16N.C6H12O4/c1-8(2)6-4-3-5-7-8;1-9-4-5-10-3-2-6(7)8/h3-7H2,1-2H3;2-5H2,1H3,(H,7,8)/q+1;/p-1. The number of aliphatic carboxylic acids is 1. The lowest BCUT2D eigenvalue weighted by molar-refractivity contribution is -0.894. The van der Waals surface area contributed by atoms with E-state index in [-0.39, 0.29) is 13.0 Å². The summed E-state index contributed by atoms with van der Waals surface area (Å²) in [5, 5.41) is 9.81. The van der Waals surface area contributed by atoms with Crippen molar-refractivity contribution in [2.45, 2.75) is 25.7 Å². The Morgan fingerprint density at radius 3 is 2.11 bits per heavy atom. The Bertz CT molecular complexity index is 211. The predicted molar refractivity (Wildman–Crippen MR) is 68.0 cm³/mol. The number of rotatable bonds is 6. The van der Waals surface area contributed by atoms with E-state index in [2.05, 4.69) is 18.8 Å². The highest BCUT2D eigenvalue weighted by Crippen LogP contribution is 2.12. The molecule has 1 aliphatic heterocycles. The van der Waals surface area contributed by atoms with Gasteiger partial charge in [-0.3, -0.25) is 0 Å². The zero-order valence-corrected chi connectivity index (χ0v) is 11.9. The molecule has 0 spiro atoms. The van der Waals surface area contributed by atoms with Crippen LogP contribution in [0.3, 0.4) is 0 Å². The average Bonchev–Trinajstić information content (AvgIpc) is 2.29. The van der Waals surface area contributed by atoms with E-state index in [0.717, 1.165) is 0 Å². The van der Waals surface area contributed by atoms with Gasteiger partial charge in [-0.15, -0.1) is 0 Å². The third kappa shape index (κ3) is 11.8. The molecule has 0 radical (unpaired) electrons. The van der Waals surface area contributed by atoms with Gasteiger partial charge < -0.3 is 23.9 Å². The molecule has 0 amide bonds. The first-order valence-electron chi connectivity index (χ1n) is 6.56. The van der Waals surface area contributed by atoms with E-state index in [0.29, 0.717) is 13.2 Å². The van der Waals surface area contributed by atoms with Crippen LogP contribution in [0.1, 0.15) is 25.7 Å². The Morgan fingerprint density at radius 2 is 1.72 bits per heavy atom. The van der Waals surface area contributed by atoms with Gasteiger partial charge in [0.25, 0.3) is 0 Å². The summed E-state index contributed by atoms with van der Waals surface area (Å²) in [4.78, 5) is 9.81. The molecule has 0 unspecified atom stereocenters. The number of hydrogen-bond donors (Lipinski definition) is 0. The van der Waals surface area contributed by atoms with Crippen LogP contribution in [0.15, 0.2) is 0 Å². The van der Waals surface area contributed by atoms with Gasteiger partial charge in [0.05, 0.1) is 47.0 Å². The molecule has 0 aromatic heterocycles. The molecule has 0 aromatic rings. The summed E-state index contributed by atoms with van der Waals surface area (Å²) in [6, 6.07) is 0. The molecule has 1 saturated heterocycles. The van der Waals surface area contributed by atoms with Crippen molar-refractivity contribution >= 4 is 5.97 Å². The van der Waals surface area contributed by atoms with Crippen molar-refractivity contribution in [2.24, 2.45) is 0 Å². The largest absolute Gasteiger partial charge is 0.550 e. The minimum absolute atomic E-state index is 0.0519. The quantitative estimate of drug-likeness (QED) is 0.500. The zero-order valence-electron chi connectivity index (χ0n) is 11.9. The van der Waals surface area contributed by atoms with Crippen LogP contribution in [0, 0.1) is 0 Å². The lowest BCUT2D eigenvalue weighted by Gasteiger charge is -2.33. The van der Waals surface area contributed by atoms with Crippen molar-refractivity contribution in [2.75, 3.05) is 54.1 Å². The Kier molecular flexibility index (Phi) is 9.92. The minimum atomic E-state index is -1.09. The summed E-state index contributed by atoms with van der Waals surface area (Å²) in [5.41, 5.74) is 0. The molecule has 1 rings (SSSR count). The van der Waals surface area contributed by atoms with E-state index in [9.17, 15) is 9.90 Å². The summed E-state index contributed by atoms with van der Waals surface area (Å²) < 4.78 is 10.7. The fraction of sp³-hybridized carbons (Fsp3) is 0.923. The van der Waals surface area contributed by atoms with Crippen LogP contribution in [0.5, 0.6) is 0 Å². The minimum Gasteiger partial charge on any atom is -0.550 e. The maximum atomic E-state index is 9.81. The molecule has 0 N–H and O–H groups in total. The third-order valence-corrected chi connectivity index (χ3v) is 2.91. The summed E-state index contributed by atoms with van der Waals surface area (Å²) >= 11 is 0. The van der Waals surface area contributed by atoms with Crippen LogP contribution in [0.25, 0.3) is 0 Å². The number of methoxy groups -OCH3 is 1. The third-order valence-electron chi connectivity index (χ3n) is 2.91. The van der Waals surface area contributed by atoms with Crippen LogP contribution < -0.4 is 5.11 Å². The Labute approximate surface area is 110 Å². The van der Waals surface area contributed by atoms with Crippen LogP contribution >= 0.6 is 0 Å². The highest BCUT2D eigenvalue weighted by atomic mass is 16.5. The number of carbonyl (C=O) groups is 1. The van der Waals surface area contributed by atoms with Crippen molar-refractivity contribution in [3.05, 3.63) is 0 Å². The van der Waals surface area contributed by atoms with Gasteiger partial charge in [-0.25, -0.2) is 0 Å². The summed E-state index contributed by atoms with van der Waals surface area (Å²) in [7, 11) is 6.19. The molecule has 5 nitrogen and oxygen atoms in total. The molecule has 18 heavy (non-hydrogen) atoms. The molecule has 0 saturated carbocycles. The second kappa shape index (κ2) is 10.3. The Morgan fingerprint density at radius 1 is 1.11 bits per heavy atom. The SMILES string of the molecule is COCCOCCC(=O)[O-].C[N+]1(C)CCCCC1. The molecule has 0 atom stereocenters. The summed E-state index contributed by atoms with van der Waals surface area (Å²) in [6.07, 6.45) is 4.28. The van der Waals surface area contributed by atoms with Gasteiger partial charge in [-0.1, -0.05) is 0 Å². The number of likely N-dealkylation sites (tertiary alicyclic amines) is 1. The fourth-order valence-corrected chi connectivity index (χ4v) is 1.77. The second-order valence-electron chi connectivity index (χ2n) is 5.17. The number of piperidine rings is 1. The van der Waals surface area contributed by atoms with Gasteiger partial charge in [0, 0.05) is 19.5 Å². The molecule has 1 aliphatic rings. The van der Waals surface area contributed by atoms with Gasteiger partial charge in [-0.2, -0.15) is 0 Å². The summed E-state index contributed by atoms with van der Waals surface area (Å²) in [5.74, 6) is -1.09. The fourth-order valence-electron chi connectivity index (χ4n) is 1.77. The van der Waals surface area contributed by atoms with E-state index in [1.54, 1.807) is 7.11 Å². The van der Waals surface area contributed by atoms with Crippen molar-refractivity contribution in [1.82, 2.24) is 0 Å². The van der Waals surface area contributed by atoms with Gasteiger partial charge in [0.15, 0.2) is 0 Å². The Hall–Kier alpha value is -0.650. The summed E-state index contributed by atoms with van der Waals surface area (Å²) in [6.45, 7) is 3.91. The van der Waals surface area contributed by atoms with Crippen LogP contribution in [-0.4, -0.2) is 64.6 Å². The maximum absolute atomic E-state index is 9.81. The molecule has 1 fully saturated rings. The number of carboxylic acid groups (broad SMARTS) is 1. The number of carbonyl (C=O) groups excluding carboxylic acids is 1. The second-order valence-corrected chi connectivity index (χ2v) is 5.17. The molecular weight excluding hydrogens is 234 g/mol. The molecule has 108 valence electrons. The predicted octanol–water partition coefficient (Wildman–Crippen LogP) is 0.0361. The van der Waals surface area contributed by atoms with Crippen molar-refractivity contribution in [1.29, 1.82) is 0 Å². The molecule has 1 heterocycles. The molecular formula is C13H27NO4. The lowest BCUT2D eigenvalue weighted by atomic mass is 10.1. The van der Waals surface area contributed by atoms with Crippen molar-refractivity contribution in [3.8, 4) is 0 Å². The van der Waals surface area contributed by atoms with E-state index in [4.69, 9.17) is 4.74 Å². The first kappa shape index (κ1) is 17.4. The first-order chi connectivity index (χ1) is 8.48. The topological polar surface area (TPSA) is 58.6 Å². The van der Waals surface area contributed by atoms with E-state index in [1.165, 1.54) is 36.8 Å². The number of nitrogens with zero attached hydrogens (tertiary/aromatic N) is 1. The highest BCUT2D eigenvalue weighted by molar-refractivity contribution is 5.64. The maximum Gasteiger partial charge on any atom is 0.0782 e. The van der Waals surface area contributed by atoms with Crippen molar-refractivity contribution < 1.29 is 23.9 Å². The lowest BCUT2D eigenvalue weighted by Crippen LogP contribution is -2.43. The average molecular weight is 261 g/mol. The number of quaternary nitrogens is 1. The van der Waals surface area contributed by atoms with E-state index < -0.39 is 5.97 Å². The number of carboxylic acids is 1. The zero-order chi connectivity index (χ0) is 13.9. The number of hydrogen-bond acceptors (Lipinski definition) is 4. The van der Waals surface area contributed by atoms with Gasteiger partial charge in [0.1, 0.15) is 0 Å².